The third-order valence-corrected chi connectivity index (χ3v) is 5.49. The number of hydrogen-bond acceptors (Lipinski definition) is 3. The molecular formula is C17H22ClN3O2. The molecule has 2 aliphatic rings. The van der Waals surface area contributed by atoms with Gasteiger partial charge in [-0.1, -0.05) is 23.7 Å². The number of amides is 2. The molecule has 2 fully saturated rings. The lowest BCUT2D eigenvalue weighted by Gasteiger charge is -2.44. The zero-order valence-electron chi connectivity index (χ0n) is 13.1. The summed E-state index contributed by atoms with van der Waals surface area (Å²) in [6.45, 7) is 0.858. The Morgan fingerprint density at radius 3 is 2.70 bits per heavy atom. The van der Waals surface area contributed by atoms with Gasteiger partial charge in [0, 0.05) is 23.0 Å². The van der Waals surface area contributed by atoms with Crippen molar-refractivity contribution in [1.82, 2.24) is 10.2 Å². The molecule has 124 valence electrons. The maximum atomic E-state index is 12.1. The summed E-state index contributed by atoms with van der Waals surface area (Å²) in [5.74, 6) is -0.0623. The van der Waals surface area contributed by atoms with Crippen LogP contribution in [0.2, 0.25) is 5.02 Å². The van der Waals surface area contributed by atoms with Crippen LogP contribution < -0.4 is 11.1 Å². The van der Waals surface area contributed by atoms with Gasteiger partial charge < -0.3 is 16.0 Å². The summed E-state index contributed by atoms with van der Waals surface area (Å²) in [6, 6.07) is 8.03. The van der Waals surface area contributed by atoms with E-state index in [0.717, 1.165) is 30.7 Å². The predicted octanol–water partition coefficient (Wildman–Crippen LogP) is 1.44. The first kappa shape index (κ1) is 16.3. The molecule has 0 unspecified atom stereocenters. The second-order valence-electron chi connectivity index (χ2n) is 6.52. The number of halogens is 1. The molecule has 1 aromatic carbocycles. The van der Waals surface area contributed by atoms with Crippen LogP contribution in [0.15, 0.2) is 24.3 Å². The molecule has 2 amide bonds. The second kappa shape index (κ2) is 6.49. The minimum atomic E-state index is -0.0809. The fraction of sp³-hybridized carbons (Fsp3) is 0.529. The maximum absolute atomic E-state index is 12.1. The van der Waals surface area contributed by atoms with Gasteiger partial charge in [0.25, 0.3) is 0 Å². The van der Waals surface area contributed by atoms with E-state index in [9.17, 15) is 9.59 Å². The van der Waals surface area contributed by atoms with E-state index >= 15 is 0 Å². The Morgan fingerprint density at radius 2 is 2.04 bits per heavy atom. The Morgan fingerprint density at radius 1 is 1.30 bits per heavy atom. The number of nitrogens with one attached hydrogen (secondary N) is 1. The Kier molecular flexibility index (Phi) is 4.60. The van der Waals surface area contributed by atoms with Gasteiger partial charge in [-0.15, -0.1) is 0 Å². The fourth-order valence-electron chi connectivity index (χ4n) is 3.80. The van der Waals surface area contributed by atoms with E-state index in [2.05, 4.69) is 11.4 Å². The lowest BCUT2D eigenvalue weighted by molar-refractivity contribution is -0.143. The molecule has 1 saturated heterocycles. The Bertz CT molecular complexity index is 612. The van der Waals surface area contributed by atoms with Gasteiger partial charge in [-0.3, -0.25) is 9.59 Å². The molecule has 0 radical (unpaired) electrons. The van der Waals surface area contributed by atoms with E-state index in [0.29, 0.717) is 6.54 Å². The van der Waals surface area contributed by atoms with Gasteiger partial charge in [0.1, 0.15) is 0 Å². The van der Waals surface area contributed by atoms with Gasteiger partial charge in [0.05, 0.1) is 13.1 Å². The highest BCUT2D eigenvalue weighted by Crippen LogP contribution is 2.40. The molecule has 1 saturated carbocycles. The van der Waals surface area contributed by atoms with E-state index in [4.69, 9.17) is 17.3 Å². The molecule has 6 heteroatoms. The average Bonchev–Trinajstić information content (AvgIpc) is 2.57. The van der Waals surface area contributed by atoms with E-state index in [1.54, 1.807) is 4.90 Å². The van der Waals surface area contributed by atoms with Crippen molar-refractivity contribution in [2.24, 2.45) is 5.73 Å². The quantitative estimate of drug-likeness (QED) is 0.877. The molecule has 0 atom stereocenters. The standard InChI is InChI=1S/C17H22ClN3O2/c18-13-3-1-2-12(8-13)17(11-19)6-4-14(5-7-17)21-10-15(22)20-9-16(21)23/h1-3,8,14H,4-7,9-11,19H2,(H,20,22). The van der Waals surface area contributed by atoms with Crippen molar-refractivity contribution >= 4 is 23.4 Å². The van der Waals surface area contributed by atoms with E-state index < -0.39 is 0 Å². The monoisotopic (exact) mass is 335 g/mol. The number of carbonyl (C=O) groups is 2. The molecule has 3 N–H and O–H groups in total. The van der Waals surface area contributed by atoms with Crippen LogP contribution in [-0.4, -0.2) is 42.4 Å². The third kappa shape index (κ3) is 3.21. The van der Waals surface area contributed by atoms with Crippen molar-refractivity contribution in [3.63, 3.8) is 0 Å². The van der Waals surface area contributed by atoms with Gasteiger partial charge in [-0.25, -0.2) is 0 Å². The van der Waals surface area contributed by atoms with Crippen molar-refractivity contribution in [2.45, 2.75) is 37.1 Å². The molecule has 0 spiro atoms. The molecule has 5 nitrogen and oxygen atoms in total. The van der Waals surface area contributed by atoms with Crippen LogP contribution in [0.1, 0.15) is 31.2 Å². The molecule has 1 aromatic rings. The molecule has 1 aliphatic heterocycles. The highest BCUT2D eigenvalue weighted by molar-refractivity contribution is 6.30. The first-order valence-corrected chi connectivity index (χ1v) is 8.44. The van der Waals surface area contributed by atoms with Crippen molar-refractivity contribution in [2.75, 3.05) is 19.6 Å². The summed E-state index contributed by atoms with van der Waals surface area (Å²) in [6.07, 6.45) is 3.53. The Balaban J connectivity index is 1.73. The van der Waals surface area contributed by atoms with Crippen LogP contribution in [0.25, 0.3) is 0 Å². The summed E-state index contributed by atoms with van der Waals surface area (Å²) >= 11 is 6.13. The van der Waals surface area contributed by atoms with Crippen LogP contribution >= 0.6 is 11.6 Å². The van der Waals surface area contributed by atoms with E-state index in [-0.39, 0.29) is 36.4 Å². The zero-order valence-corrected chi connectivity index (χ0v) is 13.8. The fourth-order valence-corrected chi connectivity index (χ4v) is 3.99. The SMILES string of the molecule is NCC1(c2cccc(Cl)c2)CCC(N2CC(=O)NCC2=O)CC1. The summed E-state index contributed by atoms with van der Waals surface area (Å²) < 4.78 is 0. The summed E-state index contributed by atoms with van der Waals surface area (Å²) in [5.41, 5.74) is 7.20. The Hall–Kier alpha value is -1.59. The third-order valence-electron chi connectivity index (χ3n) is 5.25. The first-order chi connectivity index (χ1) is 11.0. The number of benzene rings is 1. The number of nitrogens with zero attached hydrogens (tertiary/aromatic N) is 1. The number of hydrogen-bond donors (Lipinski definition) is 2. The predicted molar refractivity (Wildman–Crippen MR) is 89.2 cm³/mol. The van der Waals surface area contributed by atoms with Gasteiger partial charge in [0.2, 0.25) is 11.8 Å². The zero-order chi connectivity index (χ0) is 16.4. The lowest BCUT2D eigenvalue weighted by Crippen LogP contribution is -2.56. The van der Waals surface area contributed by atoms with Gasteiger partial charge in [0.15, 0.2) is 0 Å². The minimum Gasteiger partial charge on any atom is -0.345 e. The largest absolute Gasteiger partial charge is 0.345 e. The van der Waals surface area contributed by atoms with Crippen LogP contribution in [0.5, 0.6) is 0 Å². The second-order valence-corrected chi connectivity index (χ2v) is 6.96. The van der Waals surface area contributed by atoms with Crippen LogP contribution in [0.4, 0.5) is 0 Å². The highest BCUT2D eigenvalue weighted by Gasteiger charge is 2.39. The topological polar surface area (TPSA) is 75.4 Å². The lowest BCUT2D eigenvalue weighted by atomic mass is 9.68. The highest BCUT2D eigenvalue weighted by atomic mass is 35.5. The first-order valence-electron chi connectivity index (χ1n) is 8.06. The summed E-state index contributed by atoms with van der Waals surface area (Å²) in [4.78, 5) is 25.4. The van der Waals surface area contributed by atoms with Gasteiger partial charge in [-0.2, -0.15) is 0 Å². The smallest absolute Gasteiger partial charge is 0.242 e. The maximum Gasteiger partial charge on any atom is 0.242 e. The molecule has 23 heavy (non-hydrogen) atoms. The number of carbonyl (C=O) groups excluding carboxylic acids is 2. The summed E-state index contributed by atoms with van der Waals surface area (Å²) in [7, 11) is 0. The van der Waals surface area contributed by atoms with Crippen molar-refractivity contribution < 1.29 is 9.59 Å². The van der Waals surface area contributed by atoms with Crippen LogP contribution in [0, 0.1) is 0 Å². The van der Waals surface area contributed by atoms with Crippen molar-refractivity contribution in [3.8, 4) is 0 Å². The normalized spacial score (nSPS) is 28.6. The van der Waals surface area contributed by atoms with Crippen LogP contribution in [-0.2, 0) is 15.0 Å². The average molecular weight is 336 g/mol. The summed E-state index contributed by atoms with van der Waals surface area (Å²) in [5, 5.41) is 3.32. The molecule has 1 aliphatic carbocycles. The molecule has 3 rings (SSSR count). The molecule has 1 heterocycles. The van der Waals surface area contributed by atoms with Gasteiger partial charge in [-0.05, 0) is 43.4 Å². The number of nitrogens with two attached hydrogens (primary N) is 1. The van der Waals surface area contributed by atoms with E-state index in [1.165, 1.54) is 5.56 Å². The van der Waals surface area contributed by atoms with E-state index in [1.807, 2.05) is 18.2 Å². The van der Waals surface area contributed by atoms with Crippen molar-refractivity contribution in [3.05, 3.63) is 34.9 Å². The molecular weight excluding hydrogens is 314 g/mol. The number of piperazine rings is 1. The number of rotatable bonds is 3. The van der Waals surface area contributed by atoms with Crippen molar-refractivity contribution in [1.29, 1.82) is 0 Å². The minimum absolute atomic E-state index is 0.0117. The van der Waals surface area contributed by atoms with Gasteiger partial charge >= 0.3 is 0 Å². The molecule has 0 bridgehead atoms. The molecule has 0 aromatic heterocycles. The van der Waals surface area contributed by atoms with Crippen LogP contribution in [0.3, 0.4) is 0 Å². The Labute approximate surface area is 141 Å².